The molecule has 3 aromatic rings. The summed E-state index contributed by atoms with van der Waals surface area (Å²) in [5.74, 6) is -1.46. The number of halogens is 2. The van der Waals surface area contributed by atoms with Crippen LogP contribution >= 0.6 is 15.9 Å². The van der Waals surface area contributed by atoms with Gasteiger partial charge in [-0.05, 0) is 60.9 Å². The Kier molecular flexibility index (Phi) is 11.5. The lowest BCUT2D eigenvalue weighted by atomic mass is 10.0. The summed E-state index contributed by atoms with van der Waals surface area (Å²) in [6.45, 7) is 3.30. The van der Waals surface area contributed by atoms with Crippen molar-refractivity contribution in [1.29, 1.82) is 0 Å². The van der Waals surface area contributed by atoms with E-state index in [0.29, 0.717) is 6.42 Å². The van der Waals surface area contributed by atoms with Crippen LogP contribution in [0.15, 0.2) is 83.3 Å². The van der Waals surface area contributed by atoms with Gasteiger partial charge in [0.15, 0.2) is 0 Å². The van der Waals surface area contributed by atoms with Crippen molar-refractivity contribution in [2.45, 2.75) is 45.3 Å². The molecular formula is C30H36BrFN4O4S. The molecule has 0 radical (unpaired) electrons. The zero-order chi connectivity index (χ0) is 30.2. The Morgan fingerprint density at radius 2 is 1.59 bits per heavy atom. The van der Waals surface area contributed by atoms with E-state index in [1.54, 1.807) is 0 Å². The minimum atomic E-state index is -4.15. The van der Waals surface area contributed by atoms with Crippen LogP contribution in [0.1, 0.15) is 31.4 Å². The molecule has 0 aliphatic rings. The summed E-state index contributed by atoms with van der Waals surface area (Å²) in [4.78, 5) is 29.3. The van der Waals surface area contributed by atoms with Gasteiger partial charge in [-0.1, -0.05) is 65.3 Å². The number of benzene rings is 3. The number of hydrogen-bond acceptors (Lipinski definition) is 4. The summed E-state index contributed by atoms with van der Waals surface area (Å²) in [5.41, 5.74) is 1.73. The first-order valence-electron chi connectivity index (χ1n) is 13.3. The monoisotopic (exact) mass is 646 g/mol. The Morgan fingerprint density at radius 3 is 2.17 bits per heavy atom. The molecule has 0 unspecified atom stereocenters. The van der Waals surface area contributed by atoms with Crippen molar-refractivity contribution in [1.82, 2.24) is 14.5 Å². The van der Waals surface area contributed by atoms with Crippen LogP contribution in [-0.4, -0.2) is 62.2 Å². The van der Waals surface area contributed by atoms with Gasteiger partial charge in [0.25, 0.3) is 0 Å². The second-order valence-electron chi connectivity index (χ2n) is 9.95. The average molecular weight is 648 g/mol. The Hall–Kier alpha value is -3.28. The molecule has 0 aliphatic carbocycles. The number of nitrogens with zero attached hydrogens (tertiary/aromatic N) is 3. The van der Waals surface area contributed by atoms with Gasteiger partial charge in [0.1, 0.15) is 18.4 Å². The van der Waals surface area contributed by atoms with Crippen LogP contribution in [0.2, 0.25) is 0 Å². The van der Waals surface area contributed by atoms with Crippen molar-refractivity contribution in [2.24, 2.45) is 0 Å². The van der Waals surface area contributed by atoms with Crippen LogP contribution in [-0.2, 0) is 32.8 Å². The van der Waals surface area contributed by atoms with E-state index in [-0.39, 0.29) is 30.6 Å². The molecule has 0 saturated heterocycles. The molecule has 220 valence electrons. The SMILES string of the molecule is CC[C@@H](C)NC(=O)[C@H](Cc1ccccc1)N(Cc1cccc(Br)c1)C(=O)CN(c1ccc(F)cc1)S(=O)(=O)N(C)C. The first-order valence-corrected chi connectivity index (χ1v) is 15.4. The molecule has 0 fully saturated rings. The molecule has 0 bridgehead atoms. The second-order valence-corrected chi connectivity index (χ2v) is 12.9. The fourth-order valence-corrected chi connectivity index (χ4v) is 5.65. The number of carbonyl (C=O) groups excluding carboxylic acids is 2. The van der Waals surface area contributed by atoms with E-state index in [2.05, 4.69) is 21.2 Å². The van der Waals surface area contributed by atoms with Crippen molar-refractivity contribution in [3.05, 3.63) is 100 Å². The van der Waals surface area contributed by atoms with Gasteiger partial charge in [-0.15, -0.1) is 0 Å². The van der Waals surface area contributed by atoms with E-state index in [4.69, 9.17) is 0 Å². The number of hydrogen-bond donors (Lipinski definition) is 1. The van der Waals surface area contributed by atoms with Crippen LogP contribution in [0.4, 0.5) is 10.1 Å². The quantitative estimate of drug-likeness (QED) is 0.290. The molecule has 3 aromatic carbocycles. The molecule has 1 N–H and O–H groups in total. The largest absolute Gasteiger partial charge is 0.352 e. The highest BCUT2D eigenvalue weighted by Gasteiger charge is 2.35. The fraction of sp³-hybridized carbons (Fsp3) is 0.333. The summed E-state index contributed by atoms with van der Waals surface area (Å²) in [5, 5.41) is 3.00. The van der Waals surface area contributed by atoms with Crippen LogP contribution in [0.5, 0.6) is 0 Å². The van der Waals surface area contributed by atoms with Crippen LogP contribution in [0.25, 0.3) is 0 Å². The molecule has 0 aromatic heterocycles. The molecule has 2 amide bonds. The topological polar surface area (TPSA) is 90.0 Å². The molecule has 8 nitrogen and oxygen atoms in total. The lowest BCUT2D eigenvalue weighted by Gasteiger charge is -2.35. The van der Waals surface area contributed by atoms with Gasteiger partial charge >= 0.3 is 10.2 Å². The van der Waals surface area contributed by atoms with E-state index >= 15 is 0 Å². The molecule has 0 heterocycles. The lowest BCUT2D eigenvalue weighted by molar-refractivity contribution is -0.140. The molecule has 11 heteroatoms. The number of nitrogens with one attached hydrogen (secondary N) is 1. The Balaban J connectivity index is 2.09. The van der Waals surface area contributed by atoms with Crippen LogP contribution in [0, 0.1) is 5.82 Å². The minimum absolute atomic E-state index is 0.0585. The molecular weight excluding hydrogens is 611 g/mol. The summed E-state index contributed by atoms with van der Waals surface area (Å²) >= 11 is 3.46. The zero-order valence-corrected chi connectivity index (χ0v) is 26.0. The predicted molar refractivity (Wildman–Crippen MR) is 163 cm³/mol. The van der Waals surface area contributed by atoms with E-state index in [9.17, 15) is 22.4 Å². The Labute approximate surface area is 250 Å². The van der Waals surface area contributed by atoms with Gasteiger partial charge in [-0.2, -0.15) is 12.7 Å². The van der Waals surface area contributed by atoms with E-state index < -0.39 is 34.5 Å². The van der Waals surface area contributed by atoms with Crippen LogP contribution < -0.4 is 9.62 Å². The highest BCUT2D eigenvalue weighted by atomic mass is 79.9. The third-order valence-corrected chi connectivity index (χ3v) is 8.96. The van der Waals surface area contributed by atoms with E-state index in [1.165, 1.54) is 31.1 Å². The Bertz CT molecular complexity index is 1420. The lowest BCUT2D eigenvalue weighted by Crippen LogP contribution is -2.55. The van der Waals surface area contributed by atoms with Gasteiger partial charge in [0, 0.05) is 37.6 Å². The Morgan fingerprint density at radius 1 is 0.951 bits per heavy atom. The smallest absolute Gasteiger partial charge is 0.304 e. The molecule has 2 atom stereocenters. The van der Waals surface area contributed by atoms with Gasteiger partial charge in [-0.3, -0.25) is 9.59 Å². The van der Waals surface area contributed by atoms with Crippen molar-refractivity contribution in [2.75, 3.05) is 24.9 Å². The molecule has 41 heavy (non-hydrogen) atoms. The summed E-state index contributed by atoms with van der Waals surface area (Å²) in [6, 6.07) is 20.5. The van der Waals surface area contributed by atoms with Crippen molar-refractivity contribution in [3.8, 4) is 0 Å². The summed E-state index contributed by atoms with van der Waals surface area (Å²) < 4.78 is 43.1. The molecule has 0 spiro atoms. The second kappa shape index (κ2) is 14.6. The van der Waals surface area contributed by atoms with E-state index in [1.807, 2.05) is 68.4 Å². The number of rotatable bonds is 13. The normalized spacial score (nSPS) is 13.0. The minimum Gasteiger partial charge on any atom is -0.352 e. The number of anilines is 1. The van der Waals surface area contributed by atoms with Gasteiger partial charge in [0.05, 0.1) is 5.69 Å². The number of carbonyl (C=O) groups is 2. The molecule has 0 saturated carbocycles. The first kappa shape index (κ1) is 32.2. The first-order chi connectivity index (χ1) is 19.4. The maximum Gasteiger partial charge on any atom is 0.304 e. The fourth-order valence-electron chi connectivity index (χ4n) is 4.15. The highest BCUT2D eigenvalue weighted by Crippen LogP contribution is 2.23. The van der Waals surface area contributed by atoms with Crippen molar-refractivity contribution < 1.29 is 22.4 Å². The third kappa shape index (κ3) is 8.85. The third-order valence-electron chi connectivity index (χ3n) is 6.65. The van der Waals surface area contributed by atoms with Crippen LogP contribution in [0.3, 0.4) is 0 Å². The maximum absolute atomic E-state index is 14.2. The number of amides is 2. The molecule has 3 rings (SSSR count). The molecule has 0 aliphatic heterocycles. The van der Waals surface area contributed by atoms with Gasteiger partial charge in [0.2, 0.25) is 11.8 Å². The standard InChI is InChI=1S/C30H36BrFN4O4S/c1-5-22(2)33-30(38)28(19-23-10-7-6-8-11-23)35(20-24-12-9-13-25(31)18-24)29(37)21-36(41(39,40)34(3)4)27-16-14-26(32)15-17-27/h6-18,22,28H,5,19-21H2,1-4H3,(H,33,38)/t22-,28+/m1/s1. The zero-order valence-electron chi connectivity index (χ0n) is 23.6. The van der Waals surface area contributed by atoms with Gasteiger partial charge in [-0.25, -0.2) is 8.70 Å². The summed E-state index contributed by atoms with van der Waals surface area (Å²) in [6.07, 6.45) is 0.919. The predicted octanol–water partition coefficient (Wildman–Crippen LogP) is 4.76. The van der Waals surface area contributed by atoms with E-state index in [0.717, 1.165) is 36.3 Å². The highest BCUT2D eigenvalue weighted by molar-refractivity contribution is 9.10. The summed E-state index contributed by atoms with van der Waals surface area (Å²) in [7, 11) is -1.44. The average Bonchev–Trinajstić information content (AvgIpc) is 2.94. The van der Waals surface area contributed by atoms with Crippen molar-refractivity contribution in [3.63, 3.8) is 0 Å². The maximum atomic E-state index is 14.2. The van der Waals surface area contributed by atoms with Crippen molar-refractivity contribution >= 4 is 43.6 Å². The van der Waals surface area contributed by atoms with Gasteiger partial charge < -0.3 is 10.2 Å².